The lowest BCUT2D eigenvalue weighted by Gasteiger charge is -2.12. The monoisotopic (exact) mass is 451 g/mol. The number of furan rings is 1. The number of thioether (sulfide) groups is 1. The topological polar surface area (TPSA) is 87.6 Å². The number of nitrogens with zero attached hydrogens (tertiary/aromatic N) is 3. The molecule has 1 amide bonds. The molecule has 0 atom stereocenters. The summed E-state index contributed by atoms with van der Waals surface area (Å²) in [6, 6.07) is 14.4. The quantitative estimate of drug-likeness (QED) is 0.335. The van der Waals surface area contributed by atoms with Crippen LogP contribution in [-0.4, -0.2) is 34.4 Å². The van der Waals surface area contributed by atoms with Crippen LogP contribution in [0.3, 0.4) is 0 Å². The van der Waals surface area contributed by atoms with Crippen molar-refractivity contribution in [2.24, 2.45) is 10.2 Å². The number of ether oxygens (including phenoxy) is 1. The lowest BCUT2D eigenvalue weighted by molar-refractivity contribution is -0.122. The van der Waals surface area contributed by atoms with Crippen LogP contribution >= 0.6 is 11.8 Å². The van der Waals surface area contributed by atoms with Crippen LogP contribution < -0.4 is 4.74 Å². The van der Waals surface area contributed by atoms with Crippen molar-refractivity contribution >= 4 is 35.1 Å². The van der Waals surface area contributed by atoms with Gasteiger partial charge in [0.25, 0.3) is 5.91 Å². The van der Waals surface area contributed by atoms with Crippen LogP contribution in [0.4, 0.5) is 4.39 Å². The largest absolute Gasteiger partial charge is 0.504 e. The average molecular weight is 451 g/mol. The second-order valence-electron chi connectivity index (χ2n) is 6.66. The van der Waals surface area contributed by atoms with Crippen LogP contribution in [0.2, 0.25) is 0 Å². The highest BCUT2D eigenvalue weighted by Gasteiger charge is 2.34. The van der Waals surface area contributed by atoms with Crippen molar-refractivity contribution in [3.63, 3.8) is 0 Å². The Kier molecular flexibility index (Phi) is 6.37. The molecule has 1 N–H and O–H groups in total. The number of carbonyl (C=O) groups is 1. The molecule has 3 aromatic rings. The van der Waals surface area contributed by atoms with E-state index in [-0.39, 0.29) is 18.2 Å². The summed E-state index contributed by atoms with van der Waals surface area (Å²) in [5.74, 6) is 0.152. The van der Waals surface area contributed by atoms with Crippen LogP contribution in [0, 0.1) is 5.82 Å². The van der Waals surface area contributed by atoms with E-state index >= 15 is 0 Å². The first kappa shape index (κ1) is 21.4. The van der Waals surface area contributed by atoms with E-state index in [1.165, 1.54) is 42.7 Å². The van der Waals surface area contributed by atoms with E-state index in [0.29, 0.717) is 32.7 Å². The molecule has 0 spiro atoms. The summed E-state index contributed by atoms with van der Waals surface area (Å²) in [6.07, 6.45) is 4.49. The Labute approximate surface area is 187 Å². The van der Waals surface area contributed by atoms with Gasteiger partial charge < -0.3 is 14.3 Å². The standard InChI is InChI=1S/C23H18FN3O4S/c1-30-20-11-15(8-9-19(20)28)13-25-26-23-27(14-17-6-4-10-31-17)22(29)21(32-23)12-16-5-2-3-7-18(16)24/h2-13,28H,14H2,1H3/b21-12-,25-13-,26-23+. The highest BCUT2D eigenvalue weighted by molar-refractivity contribution is 8.18. The van der Waals surface area contributed by atoms with Crippen LogP contribution in [0.5, 0.6) is 11.5 Å². The van der Waals surface area contributed by atoms with Gasteiger partial charge in [-0.25, -0.2) is 4.39 Å². The number of phenols is 1. The fourth-order valence-corrected chi connectivity index (χ4v) is 3.86. The van der Waals surface area contributed by atoms with Crippen LogP contribution in [0.25, 0.3) is 6.08 Å². The number of methoxy groups -OCH3 is 1. The minimum atomic E-state index is -0.421. The summed E-state index contributed by atoms with van der Waals surface area (Å²) in [6.45, 7) is 0.162. The number of phenolic OH excluding ortho intramolecular Hbond substituents is 1. The Morgan fingerprint density at radius 2 is 2.06 bits per heavy atom. The highest BCUT2D eigenvalue weighted by atomic mass is 32.2. The Hall–Kier alpha value is -3.85. The molecule has 1 aromatic heterocycles. The molecule has 0 aliphatic carbocycles. The maximum atomic E-state index is 14.1. The molecule has 7 nitrogen and oxygen atoms in total. The summed E-state index contributed by atoms with van der Waals surface area (Å²) in [5.41, 5.74) is 0.959. The van der Waals surface area contributed by atoms with Gasteiger partial charge in [0.15, 0.2) is 16.7 Å². The zero-order valence-electron chi connectivity index (χ0n) is 16.9. The molecule has 162 valence electrons. The van der Waals surface area contributed by atoms with Crippen molar-refractivity contribution < 1.29 is 23.4 Å². The molecule has 1 aliphatic rings. The summed E-state index contributed by atoms with van der Waals surface area (Å²) < 4.78 is 24.5. The van der Waals surface area contributed by atoms with Gasteiger partial charge in [-0.3, -0.25) is 9.69 Å². The third-order valence-corrected chi connectivity index (χ3v) is 5.52. The summed E-state index contributed by atoms with van der Waals surface area (Å²) in [4.78, 5) is 14.8. The summed E-state index contributed by atoms with van der Waals surface area (Å²) in [5, 5.41) is 18.3. The number of carbonyl (C=O) groups excluding carboxylic acids is 1. The van der Waals surface area contributed by atoms with Crippen molar-refractivity contribution in [1.29, 1.82) is 0 Å². The maximum absolute atomic E-state index is 14.1. The fraction of sp³-hybridized carbons (Fsp3) is 0.0870. The normalized spacial score (nSPS) is 16.6. The molecule has 0 saturated carbocycles. The van der Waals surface area contributed by atoms with Crippen molar-refractivity contribution in [3.05, 3.63) is 88.5 Å². The molecule has 4 rings (SSSR count). The van der Waals surface area contributed by atoms with Gasteiger partial charge in [0.05, 0.1) is 31.0 Å². The van der Waals surface area contributed by atoms with Gasteiger partial charge in [-0.1, -0.05) is 18.2 Å². The predicted molar refractivity (Wildman–Crippen MR) is 121 cm³/mol. The molecule has 0 unspecified atom stereocenters. The van der Waals surface area contributed by atoms with Crippen molar-refractivity contribution in [2.45, 2.75) is 6.54 Å². The molecule has 1 fully saturated rings. The van der Waals surface area contributed by atoms with Crippen LogP contribution in [-0.2, 0) is 11.3 Å². The lowest BCUT2D eigenvalue weighted by Crippen LogP contribution is -2.28. The van der Waals surface area contributed by atoms with E-state index in [1.807, 2.05) is 0 Å². The third kappa shape index (κ3) is 4.73. The number of aromatic hydroxyl groups is 1. The number of hydrogen-bond acceptors (Lipinski definition) is 7. The van der Waals surface area contributed by atoms with Gasteiger partial charge in [-0.05, 0) is 59.8 Å². The van der Waals surface area contributed by atoms with Crippen molar-refractivity contribution in [1.82, 2.24) is 4.90 Å². The average Bonchev–Trinajstić information content (AvgIpc) is 3.41. The second kappa shape index (κ2) is 9.52. The molecule has 9 heteroatoms. The van der Waals surface area contributed by atoms with Gasteiger partial charge in [-0.15, -0.1) is 5.10 Å². The second-order valence-corrected chi connectivity index (χ2v) is 7.67. The molecule has 1 aliphatic heterocycles. The van der Waals surface area contributed by atoms with E-state index in [4.69, 9.17) is 9.15 Å². The molecule has 2 heterocycles. The van der Waals surface area contributed by atoms with Gasteiger partial charge in [0.1, 0.15) is 11.6 Å². The van der Waals surface area contributed by atoms with E-state index in [0.717, 1.165) is 11.8 Å². The van der Waals surface area contributed by atoms with Crippen LogP contribution in [0.15, 0.2) is 80.4 Å². The highest BCUT2D eigenvalue weighted by Crippen LogP contribution is 2.34. The zero-order valence-corrected chi connectivity index (χ0v) is 17.8. The van der Waals surface area contributed by atoms with E-state index in [1.54, 1.807) is 42.5 Å². The molecular weight excluding hydrogens is 433 g/mol. The smallest absolute Gasteiger partial charge is 0.267 e. The Balaban J connectivity index is 1.63. The number of hydrogen-bond donors (Lipinski definition) is 1. The van der Waals surface area contributed by atoms with Crippen molar-refractivity contribution in [2.75, 3.05) is 7.11 Å². The predicted octanol–water partition coefficient (Wildman–Crippen LogP) is 4.64. The summed E-state index contributed by atoms with van der Waals surface area (Å²) >= 11 is 1.10. The first-order chi connectivity index (χ1) is 15.5. The minimum absolute atomic E-state index is 0.0143. The van der Waals surface area contributed by atoms with E-state index < -0.39 is 5.82 Å². The fourth-order valence-electron chi connectivity index (χ4n) is 2.93. The third-order valence-electron chi connectivity index (χ3n) is 4.53. The number of rotatable bonds is 6. The lowest BCUT2D eigenvalue weighted by atomic mass is 10.2. The van der Waals surface area contributed by atoms with E-state index in [2.05, 4.69) is 10.2 Å². The molecule has 2 aromatic carbocycles. The number of amides is 1. The zero-order chi connectivity index (χ0) is 22.5. The number of benzene rings is 2. The minimum Gasteiger partial charge on any atom is -0.504 e. The number of amidine groups is 1. The van der Waals surface area contributed by atoms with Gasteiger partial charge in [0, 0.05) is 5.56 Å². The molecular formula is C23H18FN3O4S. The van der Waals surface area contributed by atoms with Gasteiger partial charge in [0.2, 0.25) is 0 Å². The van der Waals surface area contributed by atoms with E-state index in [9.17, 15) is 14.3 Å². The molecule has 0 bridgehead atoms. The summed E-state index contributed by atoms with van der Waals surface area (Å²) in [7, 11) is 1.45. The molecule has 1 saturated heterocycles. The Morgan fingerprint density at radius 3 is 2.81 bits per heavy atom. The van der Waals surface area contributed by atoms with Gasteiger partial charge in [-0.2, -0.15) is 5.10 Å². The Bertz CT molecular complexity index is 1220. The van der Waals surface area contributed by atoms with Gasteiger partial charge >= 0.3 is 0 Å². The van der Waals surface area contributed by atoms with Crippen LogP contribution in [0.1, 0.15) is 16.9 Å². The van der Waals surface area contributed by atoms with Crippen molar-refractivity contribution in [3.8, 4) is 11.5 Å². The maximum Gasteiger partial charge on any atom is 0.267 e. The Morgan fingerprint density at radius 1 is 1.22 bits per heavy atom. The molecule has 32 heavy (non-hydrogen) atoms. The number of halogens is 1. The molecule has 0 radical (unpaired) electrons. The first-order valence-electron chi connectivity index (χ1n) is 9.51. The first-order valence-corrected chi connectivity index (χ1v) is 10.3. The SMILES string of the molecule is COc1cc(/C=N\N=C2\S/C(=C\c3ccccc3F)C(=O)N2Cc2ccco2)ccc1O.